The van der Waals surface area contributed by atoms with Crippen molar-refractivity contribution in [3.63, 3.8) is 0 Å². The highest BCUT2D eigenvalue weighted by molar-refractivity contribution is 14.0. The Morgan fingerprint density at radius 3 is 2.62 bits per heavy atom. The molecule has 0 amide bonds. The number of aliphatic imine (C=N–C) groups is 1. The van der Waals surface area contributed by atoms with E-state index in [1.54, 1.807) is 0 Å². The molecule has 1 unspecified atom stereocenters. The minimum absolute atomic E-state index is 0. The van der Waals surface area contributed by atoms with Gasteiger partial charge in [0.15, 0.2) is 5.96 Å². The number of guanidine groups is 1. The van der Waals surface area contributed by atoms with E-state index in [4.69, 9.17) is 5.73 Å². The van der Waals surface area contributed by atoms with E-state index in [1.165, 1.54) is 19.3 Å². The highest BCUT2D eigenvalue weighted by Gasteiger charge is 2.16. The summed E-state index contributed by atoms with van der Waals surface area (Å²) in [4.78, 5) is 4.35. The van der Waals surface area contributed by atoms with Crippen LogP contribution in [-0.2, 0) is 0 Å². The molecular formula is C9H20IN3. The molecule has 0 heterocycles. The Morgan fingerprint density at radius 2 is 2.23 bits per heavy atom. The molecule has 0 aromatic carbocycles. The van der Waals surface area contributed by atoms with E-state index in [2.05, 4.69) is 24.2 Å². The van der Waals surface area contributed by atoms with E-state index in [0.29, 0.717) is 18.0 Å². The van der Waals surface area contributed by atoms with Gasteiger partial charge in [0.25, 0.3) is 0 Å². The van der Waals surface area contributed by atoms with Gasteiger partial charge in [0.2, 0.25) is 0 Å². The van der Waals surface area contributed by atoms with E-state index < -0.39 is 0 Å². The first-order valence-corrected chi connectivity index (χ1v) is 4.82. The summed E-state index contributed by atoms with van der Waals surface area (Å²) in [7, 11) is 0. The predicted molar refractivity (Wildman–Crippen MR) is 67.6 cm³/mol. The molecule has 0 aromatic heterocycles. The van der Waals surface area contributed by atoms with Crippen LogP contribution in [0.2, 0.25) is 0 Å². The molecular weight excluding hydrogens is 277 g/mol. The molecule has 1 atom stereocenters. The monoisotopic (exact) mass is 297 g/mol. The Labute approximate surface area is 97.6 Å². The van der Waals surface area contributed by atoms with Crippen molar-refractivity contribution in [2.24, 2.45) is 10.7 Å². The van der Waals surface area contributed by atoms with E-state index in [9.17, 15) is 0 Å². The Morgan fingerprint density at radius 1 is 1.62 bits per heavy atom. The van der Waals surface area contributed by atoms with Gasteiger partial charge in [-0.2, -0.15) is 0 Å². The second-order valence-electron chi connectivity index (χ2n) is 3.55. The number of nitrogens with one attached hydrogen (secondary N) is 1. The maximum Gasteiger partial charge on any atom is 0.189 e. The third-order valence-electron chi connectivity index (χ3n) is 2.40. The first-order chi connectivity index (χ1) is 5.72. The molecule has 1 aliphatic rings. The molecule has 78 valence electrons. The van der Waals surface area contributed by atoms with Gasteiger partial charge >= 0.3 is 0 Å². The van der Waals surface area contributed by atoms with E-state index in [1.807, 2.05) is 0 Å². The molecule has 0 spiro atoms. The summed E-state index contributed by atoms with van der Waals surface area (Å²) >= 11 is 0. The number of rotatable bonds is 3. The summed E-state index contributed by atoms with van der Waals surface area (Å²) in [5.41, 5.74) is 5.70. The topological polar surface area (TPSA) is 50.4 Å². The minimum Gasteiger partial charge on any atom is -0.370 e. The van der Waals surface area contributed by atoms with Crippen molar-refractivity contribution in [2.45, 2.75) is 51.6 Å². The second-order valence-corrected chi connectivity index (χ2v) is 3.55. The first kappa shape index (κ1) is 13.0. The predicted octanol–water partition coefficient (Wildman–Crippen LogP) is 1.86. The van der Waals surface area contributed by atoms with Crippen LogP contribution >= 0.6 is 24.0 Å². The van der Waals surface area contributed by atoms with Crippen molar-refractivity contribution in [1.82, 2.24) is 5.32 Å². The van der Waals surface area contributed by atoms with Crippen LogP contribution in [-0.4, -0.2) is 18.0 Å². The molecule has 1 aliphatic carbocycles. The molecule has 4 heteroatoms. The van der Waals surface area contributed by atoms with Crippen LogP contribution in [0.5, 0.6) is 0 Å². The van der Waals surface area contributed by atoms with Crippen LogP contribution in [0.4, 0.5) is 0 Å². The molecule has 0 aromatic rings. The number of hydrogen-bond acceptors (Lipinski definition) is 1. The molecule has 1 rings (SSSR count). The van der Waals surface area contributed by atoms with Gasteiger partial charge in [0, 0.05) is 6.04 Å². The fourth-order valence-corrected chi connectivity index (χ4v) is 1.10. The van der Waals surface area contributed by atoms with Gasteiger partial charge in [0.1, 0.15) is 0 Å². The van der Waals surface area contributed by atoms with Crippen LogP contribution in [0, 0.1) is 0 Å². The van der Waals surface area contributed by atoms with Gasteiger partial charge in [-0.25, -0.2) is 0 Å². The largest absolute Gasteiger partial charge is 0.370 e. The lowest BCUT2D eigenvalue weighted by Gasteiger charge is -2.22. The van der Waals surface area contributed by atoms with Crippen molar-refractivity contribution in [3.05, 3.63) is 0 Å². The summed E-state index contributed by atoms with van der Waals surface area (Å²) in [6.07, 6.45) is 4.82. The third-order valence-corrected chi connectivity index (χ3v) is 2.40. The maximum absolute atomic E-state index is 5.70. The Hall–Kier alpha value is 0. The van der Waals surface area contributed by atoms with Crippen LogP contribution < -0.4 is 11.1 Å². The summed E-state index contributed by atoms with van der Waals surface area (Å²) in [6, 6.07) is 0.940. The highest BCUT2D eigenvalue weighted by Crippen LogP contribution is 2.21. The van der Waals surface area contributed by atoms with Gasteiger partial charge < -0.3 is 11.1 Å². The fraction of sp³-hybridized carbons (Fsp3) is 0.889. The number of nitrogens with zero attached hydrogens (tertiary/aromatic N) is 1. The molecule has 0 bridgehead atoms. The van der Waals surface area contributed by atoms with Gasteiger partial charge in [-0.1, -0.05) is 6.92 Å². The lowest BCUT2D eigenvalue weighted by molar-refractivity contribution is 0.417. The first-order valence-electron chi connectivity index (χ1n) is 4.82. The van der Waals surface area contributed by atoms with Crippen molar-refractivity contribution < 1.29 is 0 Å². The van der Waals surface area contributed by atoms with Crippen molar-refractivity contribution in [1.29, 1.82) is 0 Å². The smallest absolute Gasteiger partial charge is 0.189 e. The van der Waals surface area contributed by atoms with Crippen molar-refractivity contribution in [2.75, 3.05) is 0 Å². The van der Waals surface area contributed by atoms with Crippen LogP contribution in [0.3, 0.4) is 0 Å². The quantitative estimate of drug-likeness (QED) is 0.474. The Kier molecular flexibility index (Phi) is 6.45. The molecule has 3 N–H and O–H groups in total. The average Bonchev–Trinajstić information content (AvgIpc) is 1.97. The van der Waals surface area contributed by atoms with Crippen LogP contribution in [0.25, 0.3) is 0 Å². The van der Waals surface area contributed by atoms with E-state index in [-0.39, 0.29) is 24.0 Å². The molecule has 3 nitrogen and oxygen atoms in total. The van der Waals surface area contributed by atoms with Gasteiger partial charge in [-0.05, 0) is 32.6 Å². The summed E-state index contributed by atoms with van der Waals surface area (Å²) in [5, 5.41) is 3.16. The van der Waals surface area contributed by atoms with Gasteiger partial charge in [0.05, 0.1) is 6.04 Å². The zero-order valence-corrected chi connectivity index (χ0v) is 10.7. The fourth-order valence-electron chi connectivity index (χ4n) is 1.10. The molecule has 0 saturated heterocycles. The molecule has 0 aliphatic heterocycles. The molecule has 13 heavy (non-hydrogen) atoms. The van der Waals surface area contributed by atoms with Gasteiger partial charge in [-0.3, -0.25) is 4.99 Å². The number of nitrogens with two attached hydrogens (primary N) is 1. The normalized spacial score (nSPS) is 20.0. The average molecular weight is 297 g/mol. The van der Waals surface area contributed by atoms with E-state index in [0.717, 1.165) is 6.42 Å². The van der Waals surface area contributed by atoms with Gasteiger partial charge in [-0.15, -0.1) is 24.0 Å². The lowest BCUT2D eigenvalue weighted by atomic mass is 9.94. The molecule has 1 fully saturated rings. The zero-order chi connectivity index (χ0) is 8.97. The van der Waals surface area contributed by atoms with Crippen molar-refractivity contribution >= 4 is 29.9 Å². The van der Waals surface area contributed by atoms with Crippen LogP contribution in [0.15, 0.2) is 4.99 Å². The summed E-state index contributed by atoms with van der Waals surface area (Å²) in [6.45, 7) is 4.25. The van der Waals surface area contributed by atoms with Crippen LogP contribution in [0.1, 0.15) is 39.5 Å². The summed E-state index contributed by atoms with van der Waals surface area (Å²) < 4.78 is 0. The lowest BCUT2D eigenvalue weighted by Crippen LogP contribution is -2.39. The molecule has 0 radical (unpaired) electrons. The zero-order valence-electron chi connectivity index (χ0n) is 8.42. The second kappa shape index (κ2) is 6.45. The standard InChI is InChI=1S/C9H19N3.HI/c1-3-7(2)11-9(10)12-8-5-4-6-8;/h7-8H,3-6H2,1-2H3,(H3,10,11,12);1H. The number of hydrogen-bond donors (Lipinski definition) is 2. The Bertz CT molecular complexity index is 166. The van der Waals surface area contributed by atoms with E-state index >= 15 is 0 Å². The third kappa shape index (κ3) is 4.69. The summed E-state index contributed by atoms with van der Waals surface area (Å²) in [5.74, 6) is 0.619. The van der Waals surface area contributed by atoms with Crippen molar-refractivity contribution in [3.8, 4) is 0 Å². The molecule has 1 saturated carbocycles. The number of halogens is 1. The minimum atomic E-state index is 0. The Balaban J connectivity index is 0.00000144. The maximum atomic E-state index is 5.70. The SMILES string of the molecule is CCC(C)NC(N)=NC1CCC1.I. The highest BCUT2D eigenvalue weighted by atomic mass is 127.